The average molecular weight is 359 g/mol. The van der Waals surface area contributed by atoms with Gasteiger partial charge in [-0.2, -0.15) is 0 Å². The first-order valence-corrected chi connectivity index (χ1v) is 9.45. The monoisotopic (exact) mass is 359 g/mol. The molecule has 2 N–H and O–H groups in total. The van der Waals surface area contributed by atoms with Gasteiger partial charge in [0.05, 0.1) is 6.04 Å². The topological polar surface area (TPSA) is 91.8 Å². The number of nitrogens with one attached hydrogen (secondary N) is 1. The fourth-order valence-electron chi connectivity index (χ4n) is 4.15. The summed E-state index contributed by atoms with van der Waals surface area (Å²) in [4.78, 5) is 30.2. The molecule has 1 aromatic heterocycles. The van der Waals surface area contributed by atoms with E-state index in [2.05, 4.69) is 15.2 Å². The van der Waals surface area contributed by atoms with Crippen molar-refractivity contribution in [3.05, 3.63) is 23.9 Å². The summed E-state index contributed by atoms with van der Waals surface area (Å²) >= 11 is 0. The molecule has 3 fully saturated rings. The van der Waals surface area contributed by atoms with Crippen LogP contribution in [0.25, 0.3) is 0 Å². The van der Waals surface area contributed by atoms with Crippen molar-refractivity contribution in [2.45, 2.75) is 31.7 Å². The van der Waals surface area contributed by atoms with Gasteiger partial charge in [0.2, 0.25) is 5.91 Å². The Hall–Kier alpha value is -2.15. The smallest absolute Gasteiger partial charge is 0.354 e. The first-order chi connectivity index (χ1) is 12.6. The number of carboxylic acids is 1. The minimum Gasteiger partial charge on any atom is -0.477 e. The first-order valence-electron chi connectivity index (χ1n) is 9.45. The van der Waals surface area contributed by atoms with Crippen molar-refractivity contribution in [2.75, 3.05) is 31.2 Å². The third-order valence-corrected chi connectivity index (χ3v) is 5.79. The van der Waals surface area contributed by atoms with E-state index >= 15 is 0 Å². The summed E-state index contributed by atoms with van der Waals surface area (Å²) in [5.74, 6) is 0.911. The second kappa shape index (κ2) is 7.23. The van der Waals surface area contributed by atoms with E-state index < -0.39 is 5.97 Å². The van der Waals surface area contributed by atoms with Crippen molar-refractivity contribution in [2.24, 2.45) is 17.8 Å². The van der Waals surface area contributed by atoms with Crippen LogP contribution < -0.4 is 10.2 Å². The minimum absolute atomic E-state index is 0.0473. The van der Waals surface area contributed by atoms with Crippen LogP contribution in [0.2, 0.25) is 0 Å². The Kier molecular flexibility index (Phi) is 4.80. The number of carbonyl (C=O) groups excluding carboxylic acids is 1. The fraction of sp³-hybridized carbons (Fsp3) is 0.632. The van der Waals surface area contributed by atoms with Crippen molar-refractivity contribution in [3.63, 3.8) is 0 Å². The van der Waals surface area contributed by atoms with Crippen molar-refractivity contribution in [1.82, 2.24) is 10.3 Å². The highest BCUT2D eigenvalue weighted by Crippen LogP contribution is 2.42. The molecule has 7 heteroatoms. The van der Waals surface area contributed by atoms with Crippen molar-refractivity contribution in [1.29, 1.82) is 0 Å². The van der Waals surface area contributed by atoms with Crippen molar-refractivity contribution >= 4 is 17.7 Å². The summed E-state index contributed by atoms with van der Waals surface area (Å²) in [6.45, 7) is 2.82. The molecular weight excluding hydrogens is 334 g/mol. The van der Waals surface area contributed by atoms with Crippen molar-refractivity contribution in [3.8, 4) is 0 Å². The second-order valence-corrected chi connectivity index (χ2v) is 7.59. The van der Waals surface area contributed by atoms with Gasteiger partial charge < -0.3 is 20.1 Å². The highest BCUT2D eigenvalue weighted by atomic mass is 16.5. The molecule has 1 aliphatic carbocycles. The number of aromatic nitrogens is 1. The molecule has 1 saturated carbocycles. The molecule has 0 spiro atoms. The van der Waals surface area contributed by atoms with Crippen LogP contribution in [-0.2, 0) is 9.53 Å². The summed E-state index contributed by atoms with van der Waals surface area (Å²) in [5, 5.41) is 12.4. The van der Waals surface area contributed by atoms with Gasteiger partial charge in [-0.1, -0.05) is 6.07 Å². The molecule has 2 saturated heterocycles. The summed E-state index contributed by atoms with van der Waals surface area (Å²) in [5.41, 5.74) is 0.0557. The third kappa shape index (κ3) is 3.67. The number of anilines is 1. The number of amides is 1. The lowest BCUT2D eigenvalue weighted by Gasteiger charge is -2.25. The Morgan fingerprint density at radius 1 is 1.15 bits per heavy atom. The van der Waals surface area contributed by atoms with Gasteiger partial charge in [0, 0.05) is 38.1 Å². The normalized spacial score (nSPS) is 26.7. The predicted octanol–water partition coefficient (Wildman–Crippen LogP) is 1.54. The van der Waals surface area contributed by atoms with E-state index in [4.69, 9.17) is 9.84 Å². The summed E-state index contributed by atoms with van der Waals surface area (Å²) in [7, 11) is 0. The van der Waals surface area contributed by atoms with Crippen LogP contribution in [0.15, 0.2) is 18.2 Å². The Bertz CT molecular complexity index is 685. The van der Waals surface area contributed by atoms with E-state index in [0.29, 0.717) is 37.4 Å². The van der Waals surface area contributed by atoms with E-state index in [-0.39, 0.29) is 23.6 Å². The Labute approximate surface area is 152 Å². The zero-order valence-corrected chi connectivity index (χ0v) is 14.8. The van der Waals surface area contributed by atoms with Crippen LogP contribution in [0.5, 0.6) is 0 Å². The maximum absolute atomic E-state index is 12.7. The van der Waals surface area contributed by atoms with Crippen LogP contribution in [0.1, 0.15) is 36.2 Å². The Morgan fingerprint density at radius 2 is 1.92 bits per heavy atom. The second-order valence-electron chi connectivity index (χ2n) is 7.59. The minimum atomic E-state index is -1.02. The lowest BCUT2D eigenvalue weighted by atomic mass is 9.95. The number of carboxylic acid groups (broad SMARTS) is 1. The summed E-state index contributed by atoms with van der Waals surface area (Å²) in [6.07, 6.45) is 4.01. The molecule has 1 aromatic rings. The standard InChI is InChI=1S/C19H25N3O4/c23-18(13-6-8-26-9-7-13)21-16-11-22(10-14(16)12-4-5-12)17-3-1-2-15(20-17)19(24)25/h1-3,12-14,16H,4-11H2,(H,21,23)(H,24,25)/t14-,16+/m1/s1. The zero-order valence-electron chi connectivity index (χ0n) is 14.8. The molecule has 140 valence electrons. The lowest BCUT2D eigenvalue weighted by molar-refractivity contribution is -0.128. The van der Waals surface area contributed by atoms with Gasteiger partial charge >= 0.3 is 5.97 Å². The molecule has 0 radical (unpaired) electrons. The van der Waals surface area contributed by atoms with Crippen LogP contribution >= 0.6 is 0 Å². The number of carbonyl (C=O) groups is 2. The lowest BCUT2D eigenvalue weighted by Crippen LogP contribution is -2.45. The molecule has 0 unspecified atom stereocenters. The van der Waals surface area contributed by atoms with Crippen LogP contribution in [0, 0.1) is 17.8 Å². The number of hydrogen-bond donors (Lipinski definition) is 2. The molecule has 0 aromatic carbocycles. The summed E-state index contributed by atoms with van der Waals surface area (Å²) < 4.78 is 5.35. The van der Waals surface area contributed by atoms with Gasteiger partial charge in [0.15, 0.2) is 5.69 Å². The molecule has 26 heavy (non-hydrogen) atoms. The van der Waals surface area contributed by atoms with E-state index in [9.17, 15) is 9.59 Å². The molecule has 2 aliphatic heterocycles. The predicted molar refractivity (Wildman–Crippen MR) is 95.1 cm³/mol. The molecule has 2 atom stereocenters. The van der Waals surface area contributed by atoms with Gasteiger partial charge in [0.1, 0.15) is 5.82 Å². The van der Waals surface area contributed by atoms with Gasteiger partial charge in [-0.25, -0.2) is 9.78 Å². The average Bonchev–Trinajstić information content (AvgIpc) is 3.43. The number of aromatic carboxylic acids is 1. The highest BCUT2D eigenvalue weighted by Gasteiger charge is 2.44. The van der Waals surface area contributed by atoms with Gasteiger partial charge in [-0.05, 0) is 43.7 Å². The number of nitrogens with zero attached hydrogens (tertiary/aromatic N) is 2. The number of ether oxygens (including phenoxy) is 1. The Morgan fingerprint density at radius 3 is 2.62 bits per heavy atom. The summed E-state index contributed by atoms with van der Waals surface area (Å²) in [6, 6.07) is 5.18. The zero-order chi connectivity index (χ0) is 18.1. The van der Waals surface area contributed by atoms with E-state index in [1.54, 1.807) is 6.07 Å². The molecular formula is C19H25N3O4. The van der Waals surface area contributed by atoms with Gasteiger partial charge in [-0.3, -0.25) is 4.79 Å². The molecule has 0 bridgehead atoms. The SMILES string of the molecule is O=C(O)c1cccc(N2C[C@H](NC(=O)C3CCOCC3)[C@@H](C3CC3)C2)n1. The largest absolute Gasteiger partial charge is 0.477 e. The van der Waals surface area contributed by atoms with Gasteiger partial charge in [-0.15, -0.1) is 0 Å². The van der Waals surface area contributed by atoms with E-state index in [1.807, 2.05) is 6.07 Å². The molecule has 1 amide bonds. The first kappa shape index (κ1) is 17.3. The van der Waals surface area contributed by atoms with E-state index in [1.165, 1.54) is 18.9 Å². The molecule has 3 aliphatic rings. The maximum atomic E-state index is 12.7. The van der Waals surface area contributed by atoms with E-state index in [0.717, 1.165) is 19.4 Å². The molecule has 4 rings (SSSR count). The third-order valence-electron chi connectivity index (χ3n) is 5.79. The Balaban J connectivity index is 1.46. The van der Waals surface area contributed by atoms with Crippen molar-refractivity contribution < 1.29 is 19.4 Å². The molecule has 7 nitrogen and oxygen atoms in total. The van der Waals surface area contributed by atoms with Crippen LogP contribution in [0.4, 0.5) is 5.82 Å². The van der Waals surface area contributed by atoms with Crippen LogP contribution in [0.3, 0.4) is 0 Å². The fourth-order valence-corrected chi connectivity index (χ4v) is 4.15. The number of hydrogen-bond acceptors (Lipinski definition) is 5. The quantitative estimate of drug-likeness (QED) is 0.829. The maximum Gasteiger partial charge on any atom is 0.354 e. The highest BCUT2D eigenvalue weighted by molar-refractivity contribution is 5.85. The number of pyridine rings is 1. The number of rotatable bonds is 5. The van der Waals surface area contributed by atoms with Gasteiger partial charge in [0.25, 0.3) is 0 Å². The van der Waals surface area contributed by atoms with Crippen LogP contribution in [-0.4, -0.2) is 54.3 Å². The molecule has 3 heterocycles.